The molecule has 164 valence electrons. The normalized spacial score (nSPS) is 13.8. The number of benzene rings is 3. The highest BCUT2D eigenvalue weighted by Gasteiger charge is 2.27. The first kappa shape index (κ1) is 21.6. The van der Waals surface area contributed by atoms with Crippen molar-refractivity contribution < 1.29 is 4.79 Å². The molecule has 0 N–H and O–H groups in total. The second-order valence-corrected chi connectivity index (χ2v) is 9.51. The van der Waals surface area contributed by atoms with E-state index in [2.05, 4.69) is 31.2 Å². The monoisotopic (exact) mass is 450 g/mol. The average Bonchev–Trinajstić information content (AvgIpc) is 2.88. The minimum atomic E-state index is -0.403. The highest BCUT2D eigenvalue weighted by Crippen LogP contribution is 2.39. The van der Waals surface area contributed by atoms with Crippen LogP contribution in [-0.2, 0) is 12.8 Å². The van der Waals surface area contributed by atoms with Crippen LogP contribution in [0.1, 0.15) is 50.8 Å². The van der Waals surface area contributed by atoms with E-state index < -0.39 is 5.25 Å². The van der Waals surface area contributed by atoms with Crippen molar-refractivity contribution >= 4 is 17.5 Å². The van der Waals surface area contributed by atoms with Gasteiger partial charge in [-0.2, -0.15) is 0 Å². The second kappa shape index (κ2) is 9.72. The second-order valence-electron chi connectivity index (χ2n) is 8.44. The molecule has 0 saturated heterocycles. The van der Waals surface area contributed by atoms with Crippen LogP contribution >= 0.6 is 11.8 Å². The van der Waals surface area contributed by atoms with Crippen LogP contribution in [0.4, 0.5) is 0 Å². The summed E-state index contributed by atoms with van der Waals surface area (Å²) in [4.78, 5) is 23.6. The Morgan fingerprint density at radius 2 is 1.48 bits per heavy atom. The number of fused-ring (bicyclic) bond motifs is 1. The average molecular weight is 451 g/mol. The lowest BCUT2D eigenvalue weighted by Gasteiger charge is -2.21. The maximum Gasteiger partial charge on any atom is 0.189 e. The van der Waals surface area contributed by atoms with Crippen LogP contribution in [0.5, 0.6) is 0 Å². The number of hydrogen-bond donors (Lipinski definition) is 0. The lowest BCUT2D eigenvalue weighted by atomic mass is 9.91. The van der Waals surface area contributed by atoms with Gasteiger partial charge in [-0.05, 0) is 43.7 Å². The number of carbonyl (C=O) groups excluding carboxylic acids is 1. The minimum Gasteiger partial charge on any atom is -0.293 e. The highest BCUT2D eigenvalue weighted by atomic mass is 32.2. The zero-order valence-corrected chi connectivity index (χ0v) is 19.5. The molecule has 1 aromatic heterocycles. The van der Waals surface area contributed by atoms with Gasteiger partial charge in [0.05, 0.1) is 5.69 Å². The molecule has 3 aromatic carbocycles. The number of ketones is 1. The third-order valence-electron chi connectivity index (χ3n) is 6.18. The van der Waals surface area contributed by atoms with Crippen molar-refractivity contribution in [2.24, 2.45) is 0 Å². The molecule has 1 aliphatic carbocycles. The van der Waals surface area contributed by atoms with Crippen LogP contribution in [0.15, 0.2) is 90.1 Å². The van der Waals surface area contributed by atoms with E-state index in [0.29, 0.717) is 10.7 Å². The van der Waals surface area contributed by atoms with Gasteiger partial charge in [0.25, 0.3) is 0 Å². The number of nitrogens with zero attached hydrogens (tertiary/aromatic N) is 2. The first-order valence-corrected chi connectivity index (χ1v) is 12.4. The molecule has 0 amide bonds. The molecule has 0 fully saturated rings. The Kier molecular flexibility index (Phi) is 6.36. The summed E-state index contributed by atoms with van der Waals surface area (Å²) in [5.41, 5.74) is 7.47. The Morgan fingerprint density at radius 1 is 0.818 bits per heavy atom. The summed E-state index contributed by atoms with van der Waals surface area (Å²) in [6.07, 6.45) is 4.29. The molecule has 0 radical (unpaired) electrons. The molecule has 3 nitrogen and oxygen atoms in total. The van der Waals surface area contributed by atoms with Gasteiger partial charge in [0.1, 0.15) is 5.25 Å². The Labute approximate surface area is 199 Å². The molecular formula is C29H26N2OS. The van der Waals surface area contributed by atoms with Gasteiger partial charge >= 0.3 is 0 Å². The standard InChI is InChI=1S/C29H26N2OS/c1-20-12-8-9-17-23(20)26-24-18-10-11-19-25(24)30-29(31-26)33-28(22-15-6-3-7-16-22)27(32)21-13-4-2-5-14-21/h2-9,12-17,28H,10-11,18-19H2,1H3. The van der Waals surface area contributed by atoms with E-state index in [9.17, 15) is 4.79 Å². The Balaban J connectivity index is 1.59. The summed E-state index contributed by atoms with van der Waals surface area (Å²) in [5.74, 6) is 0.0746. The van der Waals surface area contributed by atoms with Crippen LogP contribution in [-0.4, -0.2) is 15.8 Å². The van der Waals surface area contributed by atoms with Crippen molar-refractivity contribution in [3.63, 3.8) is 0 Å². The van der Waals surface area contributed by atoms with Crippen LogP contribution in [0.25, 0.3) is 11.3 Å². The van der Waals surface area contributed by atoms with E-state index in [0.717, 1.165) is 41.8 Å². The summed E-state index contributed by atoms with van der Waals surface area (Å²) >= 11 is 1.46. The lowest BCUT2D eigenvalue weighted by molar-refractivity contribution is 0.0989. The number of hydrogen-bond acceptors (Lipinski definition) is 4. The molecule has 33 heavy (non-hydrogen) atoms. The van der Waals surface area contributed by atoms with Crippen molar-refractivity contribution in [2.45, 2.75) is 43.0 Å². The molecule has 1 unspecified atom stereocenters. The van der Waals surface area contributed by atoms with Gasteiger partial charge in [0.2, 0.25) is 0 Å². The van der Waals surface area contributed by atoms with Crippen LogP contribution < -0.4 is 0 Å². The molecule has 5 rings (SSSR count). The van der Waals surface area contributed by atoms with Crippen LogP contribution in [0.3, 0.4) is 0 Å². The molecule has 1 atom stereocenters. The van der Waals surface area contributed by atoms with E-state index in [1.165, 1.54) is 29.3 Å². The van der Waals surface area contributed by atoms with Gasteiger partial charge in [-0.25, -0.2) is 9.97 Å². The molecule has 1 heterocycles. The summed E-state index contributed by atoms with van der Waals surface area (Å²) in [6, 6.07) is 27.9. The van der Waals surface area contributed by atoms with Crippen LogP contribution in [0, 0.1) is 6.92 Å². The number of carbonyl (C=O) groups is 1. The van der Waals surface area contributed by atoms with Gasteiger partial charge in [-0.1, -0.05) is 96.7 Å². The third kappa shape index (κ3) is 4.62. The van der Waals surface area contributed by atoms with Crippen LogP contribution in [0.2, 0.25) is 0 Å². The van der Waals surface area contributed by atoms with Gasteiger partial charge in [-0.15, -0.1) is 0 Å². The first-order chi connectivity index (χ1) is 16.2. The molecule has 1 aliphatic rings. The molecule has 0 spiro atoms. The number of thioether (sulfide) groups is 1. The number of aryl methyl sites for hydroxylation is 2. The maximum atomic E-state index is 13.6. The molecule has 0 bridgehead atoms. The fourth-order valence-electron chi connectivity index (χ4n) is 4.45. The maximum absolute atomic E-state index is 13.6. The highest BCUT2D eigenvalue weighted by molar-refractivity contribution is 8.00. The fourth-order valence-corrected chi connectivity index (χ4v) is 5.50. The van der Waals surface area contributed by atoms with Crippen molar-refractivity contribution in [3.05, 3.63) is 113 Å². The lowest BCUT2D eigenvalue weighted by Crippen LogP contribution is -2.13. The summed E-state index contributed by atoms with van der Waals surface area (Å²) in [7, 11) is 0. The quantitative estimate of drug-likeness (QED) is 0.179. The molecule has 4 aromatic rings. The number of Topliss-reactive ketones (excluding diaryl/α,β-unsaturated/α-hetero) is 1. The van der Waals surface area contributed by atoms with E-state index in [-0.39, 0.29) is 5.78 Å². The largest absolute Gasteiger partial charge is 0.293 e. The minimum absolute atomic E-state index is 0.0746. The van der Waals surface area contributed by atoms with Gasteiger partial charge in [0, 0.05) is 22.4 Å². The van der Waals surface area contributed by atoms with E-state index in [4.69, 9.17) is 9.97 Å². The van der Waals surface area contributed by atoms with Crippen molar-refractivity contribution in [3.8, 4) is 11.3 Å². The molecule has 0 aliphatic heterocycles. The first-order valence-electron chi connectivity index (χ1n) is 11.5. The summed E-state index contributed by atoms with van der Waals surface area (Å²) < 4.78 is 0. The summed E-state index contributed by atoms with van der Waals surface area (Å²) in [6.45, 7) is 2.13. The van der Waals surface area contributed by atoms with Crippen molar-refractivity contribution in [1.29, 1.82) is 0 Å². The topological polar surface area (TPSA) is 42.9 Å². The fraction of sp³-hybridized carbons (Fsp3) is 0.207. The predicted octanol–water partition coefficient (Wildman–Crippen LogP) is 7.05. The third-order valence-corrected chi connectivity index (χ3v) is 7.30. The molecular weight excluding hydrogens is 424 g/mol. The number of rotatable bonds is 6. The van der Waals surface area contributed by atoms with Gasteiger partial charge in [0.15, 0.2) is 10.9 Å². The van der Waals surface area contributed by atoms with Gasteiger partial charge < -0.3 is 0 Å². The Bertz CT molecular complexity index is 1270. The Morgan fingerprint density at radius 3 is 2.24 bits per heavy atom. The zero-order chi connectivity index (χ0) is 22.6. The molecule has 0 saturated carbocycles. The zero-order valence-electron chi connectivity index (χ0n) is 18.7. The van der Waals surface area contributed by atoms with Crippen molar-refractivity contribution in [1.82, 2.24) is 9.97 Å². The number of aromatic nitrogens is 2. The van der Waals surface area contributed by atoms with E-state index >= 15 is 0 Å². The molecule has 4 heteroatoms. The smallest absolute Gasteiger partial charge is 0.189 e. The van der Waals surface area contributed by atoms with E-state index in [1.54, 1.807) is 0 Å². The predicted molar refractivity (Wildman–Crippen MR) is 135 cm³/mol. The van der Waals surface area contributed by atoms with E-state index in [1.807, 2.05) is 60.7 Å². The van der Waals surface area contributed by atoms with Crippen molar-refractivity contribution in [2.75, 3.05) is 0 Å². The SMILES string of the molecule is Cc1ccccc1-c1nc(SC(C(=O)c2ccccc2)c2ccccc2)nc2c1CCCC2. The van der Waals surface area contributed by atoms with Gasteiger partial charge in [-0.3, -0.25) is 4.79 Å². The Hall–Kier alpha value is -3.24. The summed E-state index contributed by atoms with van der Waals surface area (Å²) in [5, 5.41) is 0.270.